The van der Waals surface area contributed by atoms with Gasteiger partial charge in [-0.3, -0.25) is 9.69 Å². The molecule has 0 unspecified atom stereocenters. The second-order valence-electron chi connectivity index (χ2n) is 7.23. The molecule has 1 saturated heterocycles. The molecule has 1 aromatic heterocycles. The van der Waals surface area contributed by atoms with Crippen LogP contribution < -0.4 is 5.11 Å². The lowest BCUT2D eigenvalue weighted by Gasteiger charge is -2.14. The van der Waals surface area contributed by atoms with Crippen molar-refractivity contribution in [3.05, 3.63) is 71.3 Å². The van der Waals surface area contributed by atoms with Crippen LogP contribution in [0.1, 0.15) is 18.9 Å². The van der Waals surface area contributed by atoms with Gasteiger partial charge in [0.1, 0.15) is 4.32 Å². The first-order valence-electron chi connectivity index (χ1n) is 10.3. The molecule has 0 atom stereocenters. The Hall–Kier alpha value is -2.88. The number of para-hydroxylation sites is 1. The fourth-order valence-electron chi connectivity index (χ4n) is 3.27. The highest BCUT2D eigenvalue weighted by atomic mass is 32.2. The van der Waals surface area contributed by atoms with Gasteiger partial charge in [0.05, 0.1) is 28.8 Å². The van der Waals surface area contributed by atoms with Crippen molar-refractivity contribution in [3.8, 4) is 16.9 Å². The lowest BCUT2D eigenvalue weighted by atomic mass is 10.1. The maximum absolute atomic E-state index is 12.8. The first-order chi connectivity index (χ1) is 16.0. The van der Waals surface area contributed by atoms with E-state index in [4.69, 9.17) is 17.3 Å². The minimum absolute atomic E-state index is 0.199. The molecule has 3 aromatic rings. The number of thioether (sulfide) groups is 2. The number of carboxylic acid groups (broad SMARTS) is 1. The van der Waals surface area contributed by atoms with E-state index in [9.17, 15) is 14.7 Å². The maximum atomic E-state index is 12.8. The van der Waals surface area contributed by atoms with Crippen molar-refractivity contribution in [2.24, 2.45) is 0 Å². The van der Waals surface area contributed by atoms with Gasteiger partial charge in [-0.2, -0.15) is 5.10 Å². The average molecular weight is 495 g/mol. The number of benzene rings is 2. The monoisotopic (exact) mass is 494 g/mol. The number of carboxylic acids is 1. The molecule has 168 valence electrons. The second-order valence-corrected chi connectivity index (χ2v) is 10.1. The summed E-state index contributed by atoms with van der Waals surface area (Å²) in [6, 6.07) is 17.9. The van der Waals surface area contributed by atoms with E-state index in [-0.39, 0.29) is 4.32 Å². The van der Waals surface area contributed by atoms with E-state index in [1.54, 1.807) is 22.5 Å². The Morgan fingerprint density at radius 2 is 1.91 bits per heavy atom. The molecule has 0 aliphatic carbocycles. The van der Waals surface area contributed by atoms with Gasteiger partial charge in [0, 0.05) is 22.2 Å². The van der Waals surface area contributed by atoms with Gasteiger partial charge < -0.3 is 9.90 Å². The SMILES string of the molecule is CCCSc1ccc(-c2nn(-c3ccccc3)cc2/C=C2\SC(=S)N(CC(=O)[O-])C2=O)cc1. The molecule has 2 aromatic carbocycles. The van der Waals surface area contributed by atoms with E-state index in [0.29, 0.717) is 4.91 Å². The topological polar surface area (TPSA) is 78.3 Å². The van der Waals surface area contributed by atoms with Crippen LogP contribution in [0.3, 0.4) is 0 Å². The van der Waals surface area contributed by atoms with Crippen molar-refractivity contribution in [3.63, 3.8) is 0 Å². The van der Waals surface area contributed by atoms with Crippen LogP contribution >= 0.6 is 35.7 Å². The van der Waals surface area contributed by atoms with Crippen molar-refractivity contribution in [1.29, 1.82) is 0 Å². The summed E-state index contributed by atoms with van der Waals surface area (Å²) in [6.45, 7) is 1.59. The van der Waals surface area contributed by atoms with Crippen molar-refractivity contribution in [2.45, 2.75) is 18.2 Å². The molecule has 1 fully saturated rings. The standard InChI is InChI=1S/C24H21N3O3S3/c1-2-12-32-19-10-8-16(9-11-19)22-17(14-27(25-22)18-6-4-3-5-7-18)13-20-23(30)26(15-21(28)29)24(31)33-20/h3-11,13-14H,2,12,15H2,1H3,(H,28,29)/p-1/b20-13-. The van der Waals surface area contributed by atoms with Gasteiger partial charge in [-0.1, -0.05) is 61.2 Å². The number of carbonyl (C=O) groups is 2. The molecule has 1 aliphatic rings. The highest BCUT2D eigenvalue weighted by Crippen LogP contribution is 2.35. The Labute approximate surface area is 205 Å². The predicted molar refractivity (Wildman–Crippen MR) is 135 cm³/mol. The fraction of sp³-hybridized carbons (Fsp3) is 0.167. The molecule has 0 N–H and O–H groups in total. The summed E-state index contributed by atoms with van der Waals surface area (Å²) < 4.78 is 1.97. The quantitative estimate of drug-likeness (QED) is 0.266. The van der Waals surface area contributed by atoms with Crippen LogP contribution in [0.25, 0.3) is 23.0 Å². The van der Waals surface area contributed by atoms with Gasteiger partial charge in [-0.25, -0.2) is 4.68 Å². The average Bonchev–Trinajstić information content (AvgIpc) is 3.35. The largest absolute Gasteiger partial charge is 0.548 e. The van der Waals surface area contributed by atoms with Gasteiger partial charge >= 0.3 is 0 Å². The summed E-state index contributed by atoms with van der Waals surface area (Å²) >= 11 is 8.08. The van der Waals surface area contributed by atoms with Gasteiger partial charge in [0.2, 0.25) is 0 Å². The number of hydrogen-bond acceptors (Lipinski definition) is 7. The molecule has 0 saturated carbocycles. The third kappa shape index (κ3) is 5.38. The van der Waals surface area contributed by atoms with Crippen molar-refractivity contribution in [2.75, 3.05) is 12.3 Å². The summed E-state index contributed by atoms with van der Waals surface area (Å²) in [7, 11) is 0. The van der Waals surface area contributed by atoms with E-state index in [2.05, 4.69) is 19.1 Å². The minimum atomic E-state index is -1.36. The summed E-state index contributed by atoms with van der Waals surface area (Å²) in [6.07, 6.45) is 4.68. The summed E-state index contributed by atoms with van der Waals surface area (Å²) in [5, 5.41) is 15.8. The van der Waals surface area contributed by atoms with Crippen LogP contribution in [-0.2, 0) is 9.59 Å². The third-order valence-corrected chi connectivity index (χ3v) is 7.41. The number of nitrogens with zero attached hydrogens (tertiary/aromatic N) is 3. The normalized spacial score (nSPS) is 14.9. The summed E-state index contributed by atoms with van der Waals surface area (Å²) in [5.74, 6) is -0.744. The fourth-order valence-corrected chi connectivity index (χ4v) is 5.28. The Morgan fingerprint density at radius 3 is 2.58 bits per heavy atom. The van der Waals surface area contributed by atoms with E-state index >= 15 is 0 Å². The Bertz CT molecular complexity index is 1220. The summed E-state index contributed by atoms with van der Waals surface area (Å²) in [5.41, 5.74) is 3.26. The molecule has 4 rings (SSSR count). The highest BCUT2D eigenvalue weighted by Gasteiger charge is 2.32. The van der Waals surface area contributed by atoms with Crippen LogP contribution in [0.2, 0.25) is 0 Å². The van der Waals surface area contributed by atoms with Crippen LogP contribution in [-0.4, -0.2) is 43.2 Å². The van der Waals surface area contributed by atoms with Crippen molar-refractivity contribution < 1.29 is 14.7 Å². The number of aliphatic carboxylic acids is 1. The van der Waals surface area contributed by atoms with Crippen molar-refractivity contribution >= 4 is 58.0 Å². The molecule has 0 bridgehead atoms. The number of carbonyl (C=O) groups excluding carboxylic acids is 2. The van der Waals surface area contributed by atoms with Crippen LogP contribution in [0, 0.1) is 0 Å². The molecular formula is C24H20N3O3S3-. The zero-order valence-electron chi connectivity index (χ0n) is 17.8. The molecule has 33 heavy (non-hydrogen) atoms. The Kier molecular flexibility index (Phi) is 7.32. The van der Waals surface area contributed by atoms with Crippen molar-refractivity contribution in [1.82, 2.24) is 14.7 Å². The Balaban J connectivity index is 1.73. The highest BCUT2D eigenvalue weighted by molar-refractivity contribution is 8.26. The van der Waals surface area contributed by atoms with E-state index in [0.717, 1.165) is 51.3 Å². The zero-order chi connectivity index (χ0) is 23.4. The van der Waals surface area contributed by atoms with Crippen LogP contribution in [0.5, 0.6) is 0 Å². The molecule has 0 spiro atoms. The first kappa shape index (κ1) is 23.3. The predicted octanol–water partition coefficient (Wildman–Crippen LogP) is 3.99. The number of thiocarbonyl (C=S) groups is 1. The molecule has 2 heterocycles. The number of hydrogen-bond donors (Lipinski definition) is 0. The van der Waals surface area contributed by atoms with Gasteiger partial charge in [-0.15, -0.1) is 11.8 Å². The molecule has 1 amide bonds. The lowest BCUT2D eigenvalue weighted by molar-refractivity contribution is -0.305. The Morgan fingerprint density at radius 1 is 1.18 bits per heavy atom. The van der Waals surface area contributed by atoms with Gasteiger partial charge in [0.25, 0.3) is 5.91 Å². The zero-order valence-corrected chi connectivity index (χ0v) is 20.2. The van der Waals surface area contributed by atoms with E-state index < -0.39 is 18.4 Å². The molecule has 9 heteroatoms. The van der Waals surface area contributed by atoms with Crippen LogP contribution in [0.4, 0.5) is 0 Å². The second kappa shape index (κ2) is 10.4. The maximum Gasteiger partial charge on any atom is 0.266 e. The molecular weight excluding hydrogens is 474 g/mol. The van der Waals surface area contributed by atoms with Crippen LogP contribution in [0.15, 0.2) is 70.6 Å². The van der Waals surface area contributed by atoms with E-state index in [1.165, 1.54) is 4.90 Å². The summed E-state index contributed by atoms with van der Waals surface area (Å²) in [4.78, 5) is 26.3. The molecule has 1 aliphatic heterocycles. The smallest absolute Gasteiger partial charge is 0.266 e. The molecule has 6 nitrogen and oxygen atoms in total. The van der Waals surface area contributed by atoms with E-state index in [1.807, 2.05) is 48.7 Å². The first-order valence-corrected chi connectivity index (χ1v) is 12.5. The van der Waals surface area contributed by atoms with Gasteiger partial charge in [-0.05, 0) is 42.5 Å². The lowest BCUT2D eigenvalue weighted by Crippen LogP contribution is -2.40. The van der Waals surface area contributed by atoms with Gasteiger partial charge in [0.15, 0.2) is 0 Å². The third-order valence-electron chi connectivity index (χ3n) is 4.81. The molecule has 0 radical (unpaired) electrons. The number of amides is 1. The minimum Gasteiger partial charge on any atom is -0.548 e. The number of aromatic nitrogens is 2. The number of rotatable bonds is 8.